The molecule has 25 heavy (non-hydrogen) atoms. The minimum Gasteiger partial charge on any atom is -0.304 e. The number of hydrogen-bond acceptors (Lipinski definition) is 4. The summed E-state index contributed by atoms with van der Waals surface area (Å²) in [5, 5.41) is 5.46. The van der Waals surface area contributed by atoms with Crippen molar-refractivity contribution in [3.05, 3.63) is 69.1 Å². The van der Waals surface area contributed by atoms with Crippen LogP contribution in [0.1, 0.15) is 56.5 Å². The van der Waals surface area contributed by atoms with Gasteiger partial charge in [0.25, 0.3) is 5.56 Å². The Labute approximate surface area is 152 Å². The number of rotatable bonds is 6. The summed E-state index contributed by atoms with van der Waals surface area (Å²) in [6.45, 7) is 9.41. The van der Waals surface area contributed by atoms with Gasteiger partial charge in [-0.05, 0) is 23.0 Å². The van der Waals surface area contributed by atoms with Crippen LogP contribution in [-0.2, 0) is 6.54 Å². The first-order valence-electron chi connectivity index (χ1n) is 8.74. The molecule has 1 unspecified atom stereocenters. The second-order valence-corrected chi connectivity index (χ2v) is 7.94. The Hall–Kier alpha value is -1.98. The molecular formula is C20H25N3OS. The van der Waals surface area contributed by atoms with Crippen molar-refractivity contribution < 1.29 is 0 Å². The van der Waals surface area contributed by atoms with E-state index < -0.39 is 0 Å². The molecule has 0 aliphatic carbocycles. The van der Waals surface area contributed by atoms with E-state index in [0.717, 1.165) is 10.7 Å². The highest BCUT2D eigenvalue weighted by atomic mass is 32.1. The molecule has 3 aromatic rings. The summed E-state index contributed by atoms with van der Waals surface area (Å²) in [6, 6.07) is 10.7. The van der Waals surface area contributed by atoms with Gasteiger partial charge in [-0.3, -0.25) is 9.20 Å². The van der Waals surface area contributed by atoms with Crippen molar-refractivity contribution in [3.63, 3.8) is 0 Å². The first kappa shape index (κ1) is 17.8. The van der Waals surface area contributed by atoms with Gasteiger partial charge < -0.3 is 5.32 Å². The Morgan fingerprint density at radius 1 is 1.12 bits per heavy atom. The molecular weight excluding hydrogens is 330 g/mol. The lowest BCUT2D eigenvalue weighted by atomic mass is 9.93. The fourth-order valence-electron chi connectivity index (χ4n) is 3.02. The molecule has 2 heterocycles. The fourth-order valence-corrected chi connectivity index (χ4v) is 3.76. The first-order chi connectivity index (χ1) is 12.0. The summed E-state index contributed by atoms with van der Waals surface area (Å²) < 4.78 is 1.58. The van der Waals surface area contributed by atoms with Gasteiger partial charge in [-0.1, -0.05) is 52.0 Å². The van der Waals surface area contributed by atoms with E-state index in [1.807, 2.05) is 5.38 Å². The highest BCUT2D eigenvalue weighted by molar-refractivity contribution is 7.15. The van der Waals surface area contributed by atoms with E-state index in [1.165, 1.54) is 22.5 Å². The third-order valence-electron chi connectivity index (χ3n) is 4.49. The van der Waals surface area contributed by atoms with Gasteiger partial charge in [-0.25, -0.2) is 4.98 Å². The Morgan fingerprint density at radius 3 is 2.44 bits per heavy atom. The summed E-state index contributed by atoms with van der Waals surface area (Å²) in [6.07, 6.45) is 1.76. The molecule has 0 radical (unpaired) electrons. The van der Waals surface area contributed by atoms with E-state index in [4.69, 9.17) is 0 Å². The maximum Gasteiger partial charge on any atom is 0.258 e. The largest absolute Gasteiger partial charge is 0.304 e. The van der Waals surface area contributed by atoms with E-state index in [0.29, 0.717) is 18.4 Å². The maximum absolute atomic E-state index is 12.1. The number of nitrogens with zero attached hydrogens (tertiary/aromatic N) is 2. The molecule has 3 rings (SSSR count). The normalized spacial score (nSPS) is 13.0. The molecule has 0 fully saturated rings. The van der Waals surface area contributed by atoms with Crippen molar-refractivity contribution in [1.82, 2.24) is 14.7 Å². The third kappa shape index (κ3) is 3.99. The van der Waals surface area contributed by atoms with Crippen LogP contribution in [0.3, 0.4) is 0 Å². The molecule has 1 aromatic carbocycles. The molecule has 0 spiro atoms. The standard InChI is InChI=1S/C20H25N3OS/c1-13(2)15-5-7-16(8-6-15)19(14(3)4)21-12-17-11-18(24)23-9-10-25-20(23)22-17/h5-11,13-14,19,21H,12H2,1-4H3. The van der Waals surface area contributed by atoms with E-state index in [2.05, 4.69) is 62.3 Å². The van der Waals surface area contributed by atoms with E-state index in [1.54, 1.807) is 16.7 Å². The molecule has 0 bridgehead atoms. The van der Waals surface area contributed by atoms with Gasteiger partial charge in [0.1, 0.15) is 0 Å². The molecule has 0 aliphatic rings. The quantitative estimate of drug-likeness (QED) is 0.714. The van der Waals surface area contributed by atoms with Crippen molar-refractivity contribution in [2.75, 3.05) is 0 Å². The second kappa shape index (κ2) is 7.50. The van der Waals surface area contributed by atoms with Crippen LogP contribution < -0.4 is 10.9 Å². The molecule has 0 saturated carbocycles. The molecule has 4 nitrogen and oxygen atoms in total. The SMILES string of the molecule is CC(C)c1ccc(C(NCc2cc(=O)n3ccsc3n2)C(C)C)cc1. The van der Waals surface area contributed by atoms with Crippen LogP contribution in [0.25, 0.3) is 4.96 Å². The van der Waals surface area contributed by atoms with E-state index in [9.17, 15) is 4.79 Å². The van der Waals surface area contributed by atoms with Crippen LogP contribution in [0.2, 0.25) is 0 Å². The predicted molar refractivity (Wildman–Crippen MR) is 104 cm³/mol. The van der Waals surface area contributed by atoms with Crippen LogP contribution in [0.4, 0.5) is 0 Å². The van der Waals surface area contributed by atoms with Crippen molar-refractivity contribution in [3.8, 4) is 0 Å². The summed E-state index contributed by atoms with van der Waals surface area (Å²) in [5.74, 6) is 0.977. The van der Waals surface area contributed by atoms with Gasteiger partial charge in [0.2, 0.25) is 0 Å². The lowest BCUT2D eigenvalue weighted by molar-refractivity contribution is 0.408. The van der Waals surface area contributed by atoms with Gasteiger partial charge >= 0.3 is 0 Å². The lowest BCUT2D eigenvalue weighted by Gasteiger charge is -2.23. The van der Waals surface area contributed by atoms with Crippen LogP contribution in [-0.4, -0.2) is 9.38 Å². The molecule has 0 amide bonds. The third-order valence-corrected chi connectivity index (χ3v) is 5.24. The number of fused-ring (bicyclic) bond motifs is 1. The molecule has 132 valence electrons. The molecule has 1 atom stereocenters. The van der Waals surface area contributed by atoms with Crippen LogP contribution in [0.5, 0.6) is 0 Å². The Kier molecular flexibility index (Phi) is 5.35. The van der Waals surface area contributed by atoms with E-state index >= 15 is 0 Å². The minimum atomic E-state index is -0.0227. The van der Waals surface area contributed by atoms with Crippen LogP contribution >= 0.6 is 11.3 Å². The fraction of sp³-hybridized carbons (Fsp3) is 0.400. The zero-order valence-electron chi connectivity index (χ0n) is 15.2. The van der Waals surface area contributed by atoms with Gasteiger partial charge in [0.05, 0.1) is 5.69 Å². The Bertz CT molecular complexity index is 893. The minimum absolute atomic E-state index is 0.0227. The smallest absolute Gasteiger partial charge is 0.258 e. The van der Waals surface area contributed by atoms with Gasteiger partial charge in [-0.15, -0.1) is 11.3 Å². The summed E-state index contributed by atoms with van der Waals surface area (Å²) in [7, 11) is 0. The van der Waals surface area contributed by atoms with Crippen molar-refractivity contribution in [2.24, 2.45) is 5.92 Å². The number of hydrogen-bond donors (Lipinski definition) is 1. The molecule has 2 aromatic heterocycles. The predicted octanol–water partition coefficient (Wildman–Crippen LogP) is 4.37. The molecule has 0 saturated heterocycles. The van der Waals surface area contributed by atoms with Gasteiger partial charge in [0, 0.05) is 30.2 Å². The average Bonchev–Trinajstić information content (AvgIpc) is 3.04. The topological polar surface area (TPSA) is 46.4 Å². The zero-order chi connectivity index (χ0) is 18.0. The first-order valence-corrected chi connectivity index (χ1v) is 9.62. The second-order valence-electron chi connectivity index (χ2n) is 7.07. The summed E-state index contributed by atoms with van der Waals surface area (Å²) >= 11 is 1.48. The number of benzene rings is 1. The van der Waals surface area contributed by atoms with Crippen molar-refractivity contribution >= 4 is 16.3 Å². The Balaban J connectivity index is 1.78. The van der Waals surface area contributed by atoms with Gasteiger partial charge in [-0.2, -0.15) is 0 Å². The summed E-state index contributed by atoms with van der Waals surface area (Å²) in [4.78, 5) is 17.4. The highest BCUT2D eigenvalue weighted by Gasteiger charge is 2.16. The number of thiazole rings is 1. The summed E-state index contributed by atoms with van der Waals surface area (Å²) in [5.41, 5.74) is 3.39. The average molecular weight is 356 g/mol. The van der Waals surface area contributed by atoms with E-state index in [-0.39, 0.29) is 11.6 Å². The lowest BCUT2D eigenvalue weighted by Crippen LogP contribution is -2.27. The van der Waals surface area contributed by atoms with Gasteiger partial charge in [0.15, 0.2) is 4.96 Å². The molecule has 1 N–H and O–H groups in total. The number of nitrogens with one attached hydrogen (secondary N) is 1. The molecule has 5 heteroatoms. The van der Waals surface area contributed by atoms with Crippen molar-refractivity contribution in [1.29, 1.82) is 0 Å². The zero-order valence-corrected chi connectivity index (χ0v) is 16.0. The monoisotopic (exact) mass is 355 g/mol. The van der Waals surface area contributed by atoms with Crippen molar-refractivity contribution in [2.45, 2.75) is 46.2 Å². The molecule has 0 aliphatic heterocycles. The highest BCUT2D eigenvalue weighted by Crippen LogP contribution is 2.24. The number of aromatic nitrogens is 2. The Morgan fingerprint density at radius 2 is 1.80 bits per heavy atom. The maximum atomic E-state index is 12.1. The van der Waals surface area contributed by atoms with Crippen LogP contribution in [0.15, 0.2) is 46.7 Å². The van der Waals surface area contributed by atoms with Crippen LogP contribution in [0, 0.1) is 5.92 Å².